The van der Waals surface area contributed by atoms with Crippen LogP contribution in [0.3, 0.4) is 0 Å². The summed E-state index contributed by atoms with van der Waals surface area (Å²) in [5, 5.41) is -3.61. The molecule has 0 saturated carbocycles. The van der Waals surface area contributed by atoms with Crippen LogP contribution in [0.5, 0.6) is 0 Å². The van der Waals surface area contributed by atoms with E-state index in [4.69, 9.17) is 0 Å². The standard InChI is InChI=1S/C13H7F3O3SSe/c14-13(15,16)21-11-4-2-1-3-9(11)10-6-5-8(7-12(10)21)20(17,18)19/h1-7H. The molecule has 1 aromatic heterocycles. The Morgan fingerprint density at radius 3 is 2.19 bits per heavy atom. The first-order valence-corrected chi connectivity index (χ1v) is 9.68. The van der Waals surface area contributed by atoms with Gasteiger partial charge in [0.05, 0.1) is 0 Å². The fourth-order valence-corrected chi connectivity index (χ4v) is 7.13. The average Bonchev–Trinajstić information content (AvgIpc) is 2.70. The molecule has 0 N–H and O–H groups in total. The van der Waals surface area contributed by atoms with E-state index in [9.17, 15) is 26.1 Å². The van der Waals surface area contributed by atoms with Gasteiger partial charge in [0, 0.05) is 0 Å². The van der Waals surface area contributed by atoms with Crippen molar-refractivity contribution in [1.29, 1.82) is 0 Å². The maximum atomic E-state index is 13.4. The van der Waals surface area contributed by atoms with E-state index in [1.165, 1.54) is 18.2 Å². The van der Waals surface area contributed by atoms with Crippen molar-refractivity contribution < 1.29 is 26.1 Å². The quantitative estimate of drug-likeness (QED) is 0.482. The van der Waals surface area contributed by atoms with Gasteiger partial charge in [0.1, 0.15) is 0 Å². The van der Waals surface area contributed by atoms with E-state index in [2.05, 4.69) is 0 Å². The Balaban J connectivity index is 2.54. The van der Waals surface area contributed by atoms with Crippen LogP contribution < -0.4 is 0 Å². The average molecular weight is 379 g/mol. The molecule has 0 saturated heterocycles. The molecule has 1 unspecified atom stereocenters. The molecular weight excluding hydrogens is 372 g/mol. The van der Waals surface area contributed by atoms with Crippen LogP contribution in [0.15, 0.2) is 47.4 Å². The van der Waals surface area contributed by atoms with Crippen LogP contribution in [-0.2, 0) is 15.2 Å². The van der Waals surface area contributed by atoms with Crippen LogP contribution >= 0.6 is 0 Å². The van der Waals surface area contributed by atoms with Crippen LogP contribution in [-0.4, -0.2) is 26.4 Å². The molecule has 110 valence electrons. The first-order chi connectivity index (χ1) is 9.69. The van der Waals surface area contributed by atoms with Crippen molar-refractivity contribution in [2.24, 2.45) is 0 Å². The number of rotatable bonds is 1. The Hall–Kier alpha value is -1.34. The van der Waals surface area contributed by atoms with Gasteiger partial charge in [0.2, 0.25) is 0 Å². The Labute approximate surface area is 121 Å². The second kappa shape index (κ2) is 4.58. The SMILES string of the molecule is O=S(=O)([O-])c1ccc2c3ccccc3[se+](C(F)(F)F)c2c1. The van der Waals surface area contributed by atoms with E-state index in [1.54, 1.807) is 12.1 Å². The van der Waals surface area contributed by atoms with Crippen LogP contribution in [0.2, 0.25) is 0 Å². The summed E-state index contributed by atoms with van der Waals surface area (Å²) in [6.45, 7) is 0. The number of hydrogen-bond donors (Lipinski definition) is 0. The molecule has 1 heterocycles. The molecule has 1 atom stereocenters. The predicted molar refractivity (Wildman–Crippen MR) is 72.3 cm³/mol. The van der Waals surface area contributed by atoms with E-state index < -0.39 is 33.5 Å². The first kappa shape index (κ1) is 14.6. The molecule has 2 aromatic carbocycles. The zero-order valence-electron chi connectivity index (χ0n) is 10.2. The summed E-state index contributed by atoms with van der Waals surface area (Å²) < 4.78 is 73.4. The van der Waals surface area contributed by atoms with E-state index in [1.807, 2.05) is 0 Å². The third-order valence-corrected chi connectivity index (χ3v) is 8.19. The number of fused-ring (bicyclic) bond motifs is 3. The van der Waals surface area contributed by atoms with Gasteiger partial charge in [-0.05, 0) is 0 Å². The van der Waals surface area contributed by atoms with Crippen molar-refractivity contribution in [2.75, 3.05) is 0 Å². The fourth-order valence-electron chi connectivity index (χ4n) is 2.28. The molecular formula is C13H7F3O3SSe. The van der Waals surface area contributed by atoms with E-state index >= 15 is 0 Å². The monoisotopic (exact) mass is 380 g/mol. The topological polar surface area (TPSA) is 57.2 Å². The number of hydrogen-bond acceptors (Lipinski definition) is 3. The Morgan fingerprint density at radius 2 is 1.57 bits per heavy atom. The van der Waals surface area contributed by atoms with Gasteiger partial charge >= 0.3 is 121 Å². The zero-order valence-corrected chi connectivity index (χ0v) is 12.7. The van der Waals surface area contributed by atoms with E-state index in [-0.39, 0.29) is 8.52 Å². The van der Waals surface area contributed by atoms with E-state index in [0.717, 1.165) is 12.1 Å². The Morgan fingerprint density at radius 1 is 0.952 bits per heavy atom. The number of halogens is 3. The molecule has 0 fully saturated rings. The number of alkyl halides is 3. The third kappa shape index (κ3) is 2.38. The summed E-state index contributed by atoms with van der Waals surface area (Å²) in [6, 6.07) is 9.38. The normalized spacial score (nSPS) is 14.0. The van der Waals surface area contributed by atoms with Crippen molar-refractivity contribution in [3.8, 4) is 0 Å². The molecule has 3 nitrogen and oxygen atoms in total. The van der Waals surface area contributed by atoms with Gasteiger partial charge in [-0.15, -0.1) is 0 Å². The van der Waals surface area contributed by atoms with Gasteiger partial charge in [0.15, 0.2) is 0 Å². The van der Waals surface area contributed by atoms with Gasteiger partial charge in [-0.25, -0.2) is 0 Å². The third-order valence-electron chi connectivity index (χ3n) is 3.09. The van der Waals surface area contributed by atoms with Gasteiger partial charge < -0.3 is 0 Å². The molecule has 8 heteroatoms. The van der Waals surface area contributed by atoms with Crippen LogP contribution in [0.1, 0.15) is 0 Å². The first-order valence-electron chi connectivity index (χ1n) is 5.70. The zero-order chi connectivity index (χ0) is 15.4. The predicted octanol–water partition coefficient (Wildman–Crippen LogP) is 3.12. The van der Waals surface area contributed by atoms with Crippen molar-refractivity contribution >= 4 is 42.9 Å². The molecule has 0 aliphatic rings. The summed E-state index contributed by atoms with van der Waals surface area (Å²) in [6.07, 6.45) is 0. The second-order valence-corrected chi connectivity index (χ2v) is 9.84. The van der Waals surface area contributed by atoms with Crippen molar-refractivity contribution in [3.63, 3.8) is 0 Å². The maximum absolute atomic E-state index is 13.4. The van der Waals surface area contributed by atoms with Crippen molar-refractivity contribution in [3.05, 3.63) is 42.5 Å². The molecule has 3 aromatic rings. The van der Waals surface area contributed by atoms with Crippen LogP contribution in [0.4, 0.5) is 13.2 Å². The summed E-state index contributed by atoms with van der Waals surface area (Å²) in [4.78, 5) is -0.618. The molecule has 0 amide bonds. The number of benzene rings is 2. The van der Waals surface area contributed by atoms with E-state index in [0.29, 0.717) is 10.8 Å². The minimum atomic E-state index is -4.78. The molecule has 21 heavy (non-hydrogen) atoms. The summed E-state index contributed by atoms with van der Waals surface area (Å²) in [7, 11) is -4.78. The molecule has 0 bridgehead atoms. The molecule has 0 spiro atoms. The fraction of sp³-hybridized carbons (Fsp3) is 0.0769. The summed E-state index contributed by atoms with van der Waals surface area (Å²) >= 11 is -3.40. The minimum absolute atomic E-state index is 0.0689. The Bertz CT molecular complexity index is 958. The Kier molecular flexibility index (Phi) is 3.18. The van der Waals surface area contributed by atoms with Crippen LogP contribution in [0.25, 0.3) is 19.3 Å². The van der Waals surface area contributed by atoms with Gasteiger partial charge in [0.25, 0.3) is 0 Å². The van der Waals surface area contributed by atoms with Gasteiger partial charge in [-0.1, -0.05) is 0 Å². The van der Waals surface area contributed by atoms with Gasteiger partial charge in [-0.2, -0.15) is 0 Å². The second-order valence-electron chi connectivity index (χ2n) is 4.36. The summed E-state index contributed by atoms with van der Waals surface area (Å²) in [5.74, 6) is 0. The van der Waals surface area contributed by atoms with Gasteiger partial charge in [-0.3, -0.25) is 0 Å². The van der Waals surface area contributed by atoms with Crippen molar-refractivity contribution in [2.45, 2.75) is 9.97 Å². The van der Waals surface area contributed by atoms with Crippen molar-refractivity contribution in [1.82, 2.24) is 0 Å². The molecule has 0 radical (unpaired) electrons. The molecule has 0 aliphatic carbocycles. The van der Waals surface area contributed by atoms with Crippen LogP contribution in [0, 0.1) is 0 Å². The molecule has 0 aliphatic heterocycles. The summed E-state index contributed by atoms with van der Waals surface area (Å²) in [5.41, 5.74) is 0. The molecule has 3 rings (SSSR count).